The smallest absolute Gasteiger partial charge is 0.157 e. The highest BCUT2D eigenvalue weighted by molar-refractivity contribution is 6.30. The highest BCUT2D eigenvalue weighted by atomic mass is 35.5. The molecule has 124 valence electrons. The number of nitrogens with zero attached hydrogens (tertiary/aromatic N) is 6. The van der Waals surface area contributed by atoms with Gasteiger partial charge in [0.2, 0.25) is 0 Å². The van der Waals surface area contributed by atoms with E-state index in [1.54, 1.807) is 12.4 Å². The number of pyridine rings is 1. The molecule has 7 heteroatoms. The van der Waals surface area contributed by atoms with E-state index in [-0.39, 0.29) is 0 Å². The van der Waals surface area contributed by atoms with Gasteiger partial charge in [0.05, 0.1) is 11.2 Å². The van der Waals surface area contributed by atoms with Gasteiger partial charge in [0.25, 0.3) is 0 Å². The highest BCUT2D eigenvalue weighted by Crippen LogP contribution is 2.21. The average molecular weight is 343 g/mol. The molecule has 0 atom stereocenters. The van der Waals surface area contributed by atoms with Gasteiger partial charge in [0, 0.05) is 50.2 Å². The Bertz CT molecular complexity index is 836. The molecule has 3 aromatic heterocycles. The minimum atomic E-state index is 0.669. The first-order chi connectivity index (χ1) is 11.7. The predicted molar refractivity (Wildman–Crippen MR) is 96.0 cm³/mol. The molecule has 0 bridgehead atoms. The summed E-state index contributed by atoms with van der Waals surface area (Å²) in [5.74, 6) is 2.10. The van der Waals surface area contributed by atoms with Crippen molar-refractivity contribution in [3.8, 4) is 0 Å². The van der Waals surface area contributed by atoms with Crippen LogP contribution in [0.4, 0.5) is 11.6 Å². The highest BCUT2D eigenvalue weighted by Gasteiger charge is 2.21. The van der Waals surface area contributed by atoms with Gasteiger partial charge in [0.15, 0.2) is 5.65 Å². The standard InChI is InChI=1S/C17H19ClN6/c1-2-14-11-17(24-16(21-14)5-6-20-24)23-9-7-22(8-10-23)15-4-3-13(18)12-19-15/h3-6,11-12H,2,7-10H2,1H3. The quantitative estimate of drug-likeness (QED) is 0.732. The Morgan fingerprint density at radius 3 is 2.58 bits per heavy atom. The predicted octanol–water partition coefficient (Wildman–Crippen LogP) is 2.67. The fraction of sp³-hybridized carbons (Fsp3) is 0.353. The third kappa shape index (κ3) is 2.78. The molecule has 1 saturated heterocycles. The van der Waals surface area contributed by atoms with E-state index >= 15 is 0 Å². The van der Waals surface area contributed by atoms with Crippen molar-refractivity contribution in [3.05, 3.63) is 47.4 Å². The molecule has 0 aliphatic carbocycles. The van der Waals surface area contributed by atoms with Gasteiger partial charge >= 0.3 is 0 Å². The van der Waals surface area contributed by atoms with Crippen molar-refractivity contribution in [2.45, 2.75) is 13.3 Å². The largest absolute Gasteiger partial charge is 0.353 e. The summed E-state index contributed by atoms with van der Waals surface area (Å²) in [7, 11) is 0. The Hall–Kier alpha value is -2.34. The minimum Gasteiger partial charge on any atom is -0.353 e. The van der Waals surface area contributed by atoms with Crippen molar-refractivity contribution in [2.24, 2.45) is 0 Å². The molecule has 0 saturated carbocycles. The van der Waals surface area contributed by atoms with Gasteiger partial charge in [-0.15, -0.1) is 0 Å². The number of halogens is 1. The van der Waals surface area contributed by atoms with Crippen LogP contribution < -0.4 is 9.80 Å². The van der Waals surface area contributed by atoms with Crippen molar-refractivity contribution in [1.82, 2.24) is 19.6 Å². The van der Waals surface area contributed by atoms with E-state index < -0.39 is 0 Å². The van der Waals surface area contributed by atoms with Crippen LogP contribution in [0.2, 0.25) is 5.02 Å². The van der Waals surface area contributed by atoms with E-state index in [1.165, 1.54) is 0 Å². The Labute approximate surface area is 145 Å². The van der Waals surface area contributed by atoms with Gasteiger partial charge in [-0.3, -0.25) is 0 Å². The zero-order valence-corrected chi connectivity index (χ0v) is 14.3. The van der Waals surface area contributed by atoms with Crippen molar-refractivity contribution in [2.75, 3.05) is 36.0 Å². The number of hydrogen-bond donors (Lipinski definition) is 0. The van der Waals surface area contributed by atoms with Gasteiger partial charge in [-0.2, -0.15) is 9.61 Å². The van der Waals surface area contributed by atoms with E-state index in [0.29, 0.717) is 5.02 Å². The molecule has 0 radical (unpaired) electrons. The third-order valence-electron chi connectivity index (χ3n) is 4.40. The van der Waals surface area contributed by atoms with E-state index in [2.05, 4.69) is 37.9 Å². The monoisotopic (exact) mass is 342 g/mol. The molecule has 6 nitrogen and oxygen atoms in total. The first-order valence-corrected chi connectivity index (χ1v) is 8.57. The number of rotatable bonds is 3. The summed E-state index contributed by atoms with van der Waals surface area (Å²) in [5.41, 5.74) is 2.01. The molecule has 1 aliphatic heterocycles. The first-order valence-electron chi connectivity index (χ1n) is 8.19. The molecule has 0 aromatic carbocycles. The van der Waals surface area contributed by atoms with E-state index in [0.717, 1.165) is 55.6 Å². The van der Waals surface area contributed by atoms with E-state index in [9.17, 15) is 0 Å². The topological polar surface area (TPSA) is 49.6 Å². The van der Waals surface area contributed by atoms with E-state index in [1.807, 2.05) is 22.7 Å². The van der Waals surface area contributed by atoms with Crippen molar-refractivity contribution in [1.29, 1.82) is 0 Å². The Balaban J connectivity index is 1.55. The SMILES string of the molecule is CCc1cc(N2CCN(c3ccc(Cl)cn3)CC2)n2nccc2n1. The summed E-state index contributed by atoms with van der Waals surface area (Å²) in [6.07, 6.45) is 4.43. The van der Waals surface area contributed by atoms with Crippen molar-refractivity contribution in [3.63, 3.8) is 0 Å². The molecule has 24 heavy (non-hydrogen) atoms. The van der Waals surface area contributed by atoms with Crippen LogP contribution in [0.5, 0.6) is 0 Å². The lowest BCUT2D eigenvalue weighted by Gasteiger charge is -2.36. The molecule has 1 fully saturated rings. The number of aryl methyl sites for hydroxylation is 1. The van der Waals surface area contributed by atoms with Crippen molar-refractivity contribution >= 4 is 28.9 Å². The van der Waals surface area contributed by atoms with Crippen LogP contribution >= 0.6 is 11.6 Å². The summed E-state index contributed by atoms with van der Waals surface area (Å²) < 4.78 is 1.93. The summed E-state index contributed by atoms with van der Waals surface area (Å²) in [5, 5.41) is 5.10. The van der Waals surface area contributed by atoms with Crippen LogP contribution in [0.1, 0.15) is 12.6 Å². The van der Waals surface area contributed by atoms with Gasteiger partial charge in [-0.1, -0.05) is 18.5 Å². The summed E-state index contributed by atoms with van der Waals surface area (Å²) in [6, 6.07) is 7.97. The molecular weight excluding hydrogens is 324 g/mol. The van der Waals surface area contributed by atoms with E-state index in [4.69, 9.17) is 11.6 Å². The van der Waals surface area contributed by atoms with Crippen molar-refractivity contribution < 1.29 is 0 Å². The molecule has 3 aromatic rings. The Morgan fingerprint density at radius 2 is 1.88 bits per heavy atom. The lowest BCUT2D eigenvalue weighted by molar-refractivity contribution is 0.633. The fourth-order valence-corrected chi connectivity index (χ4v) is 3.19. The number of fused-ring (bicyclic) bond motifs is 1. The normalized spacial score (nSPS) is 15.2. The zero-order valence-electron chi connectivity index (χ0n) is 13.6. The third-order valence-corrected chi connectivity index (χ3v) is 4.62. The number of hydrogen-bond acceptors (Lipinski definition) is 5. The van der Waals surface area contributed by atoms with Crippen LogP contribution in [-0.2, 0) is 6.42 Å². The maximum Gasteiger partial charge on any atom is 0.157 e. The van der Waals surface area contributed by atoms with Crippen LogP contribution in [0.25, 0.3) is 5.65 Å². The Kier molecular flexibility index (Phi) is 3.98. The molecule has 0 spiro atoms. The fourth-order valence-electron chi connectivity index (χ4n) is 3.07. The summed E-state index contributed by atoms with van der Waals surface area (Å²) in [4.78, 5) is 13.7. The van der Waals surface area contributed by atoms with Gasteiger partial charge in [-0.05, 0) is 18.6 Å². The molecule has 0 amide bonds. The molecular formula is C17H19ClN6. The van der Waals surface area contributed by atoms with Gasteiger partial charge in [-0.25, -0.2) is 9.97 Å². The maximum atomic E-state index is 5.92. The van der Waals surface area contributed by atoms with Crippen LogP contribution in [-0.4, -0.2) is 45.8 Å². The second-order valence-corrected chi connectivity index (χ2v) is 6.31. The second-order valence-electron chi connectivity index (χ2n) is 5.87. The number of anilines is 2. The number of aromatic nitrogens is 4. The van der Waals surface area contributed by atoms with Gasteiger partial charge in [0.1, 0.15) is 11.6 Å². The summed E-state index contributed by atoms with van der Waals surface area (Å²) >= 11 is 5.92. The summed E-state index contributed by atoms with van der Waals surface area (Å²) in [6.45, 7) is 5.81. The number of piperazine rings is 1. The molecule has 4 rings (SSSR count). The molecule has 4 heterocycles. The molecule has 1 aliphatic rings. The molecule has 0 unspecified atom stereocenters. The lowest BCUT2D eigenvalue weighted by atomic mass is 10.2. The second kappa shape index (κ2) is 6.28. The van der Waals surface area contributed by atoms with Crippen LogP contribution in [0, 0.1) is 0 Å². The van der Waals surface area contributed by atoms with Crippen LogP contribution in [0.3, 0.4) is 0 Å². The maximum absolute atomic E-state index is 5.92. The Morgan fingerprint density at radius 1 is 1.08 bits per heavy atom. The van der Waals surface area contributed by atoms with Crippen LogP contribution in [0.15, 0.2) is 36.7 Å². The lowest BCUT2D eigenvalue weighted by Crippen LogP contribution is -2.47. The average Bonchev–Trinajstić information content (AvgIpc) is 3.10. The first kappa shape index (κ1) is 15.2. The minimum absolute atomic E-state index is 0.669. The van der Waals surface area contributed by atoms with Gasteiger partial charge < -0.3 is 9.80 Å². The zero-order chi connectivity index (χ0) is 16.5. The molecule has 0 N–H and O–H groups in total.